The number of piperazine rings is 1. The molecule has 0 spiro atoms. The van der Waals surface area contributed by atoms with Gasteiger partial charge in [-0.3, -0.25) is 9.59 Å². The van der Waals surface area contributed by atoms with E-state index in [0.29, 0.717) is 38.7 Å². The summed E-state index contributed by atoms with van der Waals surface area (Å²) in [7, 11) is 3.96. The van der Waals surface area contributed by atoms with Gasteiger partial charge in [-0.25, -0.2) is 9.97 Å². The Hall–Kier alpha value is -3.16. The van der Waals surface area contributed by atoms with Gasteiger partial charge in [-0.2, -0.15) is 0 Å². The maximum atomic E-state index is 13.0. The summed E-state index contributed by atoms with van der Waals surface area (Å²) >= 11 is 0. The Bertz CT molecular complexity index is 862. The molecule has 2 aliphatic heterocycles. The van der Waals surface area contributed by atoms with Crippen molar-refractivity contribution in [2.24, 2.45) is 5.92 Å². The van der Waals surface area contributed by atoms with Crippen LogP contribution in [0.15, 0.2) is 42.7 Å². The SMILES string of the molecule is CN(C)c1ccc(N2CC(C(=O)N3CCN(c4ncccn4)CC3)CC2=O)cc1. The lowest BCUT2D eigenvalue weighted by atomic mass is 10.1. The molecule has 0 radical (unpaired) electrons. The Morgan fingerprint density at radius 1 is 1.03 bits per heavy atom. The second-order valence-electron chi connectivity index (χ2n) is 7.68. The third-order valence-electron chi connectivity index (χ3n) is 5.58. The largest absolute Gasteiger partial charge is 0.378 e. The minimum absolute atomic E-state index is 0.0114. The van der Waals surface area contributed by atoms with Crippen LogP contribution in [0.1, 0.15) is 6.42 Å². The van der Waals surface area contributed by atoms with E-state index in [-0.39, 0.29) is 24.2 Å². The smallest absolute Gasteiger partial charge is 0.228 e. The van der Waals surface area contributed by atoms with Crippen LogP contribution in [0.2, 0.25) is 0 Å². The summed E-state index contributed by atoms with van der Waals surface area (Å²) in [5.74, 6) is 0.496. The van der Waals surface area contributed by atoms with E-state index in [0.717, 1.165) is 11.4 Å². The van der Waals surface area contributed by atoms with E-state index in [2.05, 4.69) is 14.9 Å². The molecule has 3 heterocycles. The number of aromatic nitrogens is 2. The van der Waals surface area contributed by atoms with Gasteiger partial charge in [0.25, 0.3) is 0 Å². The van der Waals surface area contributed by atoms with E-state index >= 15 is 0 Å². The molecule has 2 saturated heterocycles. The Morgan fingerprint density at radius 3 is 2.31 bits per heavy atom. The zero-order valence-electron chi connectivity index (χ0n) is 16.9. The van der Waals surface area contributed by atoms with Gasteiger partial charge in [0.1, 0.15) is 0 Å². The summed E-state index contributed by atoms with van der Waals surface area (Å²) in [5.41, 5.74) is 1.93. The van der Waals surface area contributed by atoms with Crippen LogP contribution < -0.4 is 14.7 Å². The van der Waals surface area contributed by atoms with Crippen LogP contribution in [0.3, 0.4) is 0 Å². The van der Waals surface area contributed by atoms with Crippen LogP contribution in [-0.4, -0.2) is 73.5 Å². The van der Waals surface area contributed by atoms with Crippen molar-refractivity contribution in [3.8, 4) is 0 Å². The normalized spacial score (nSPS) is 19.6. The first-order valence-electron chi connectivity index (χ1n) is 9.91. The number of hydrogen-bond donors (Lipinski definition) is 0. The molecule has 0 bridgehead atoms. The van der Waals surface area contributed by atoms with Crippen molar-refractivity contribution in [3.05, 3.63) is 42.7 Å². The van der Waals surface area contributed by atoms with Gasteiger partial charge >= 0.3 is 0 Å². The molecule has 1 aromatic carbocycles. The van der Waals surface area contributed by atoms with E-state index in [1.807, 2.05) is 48.2 Å². The van der Waals surface area contributed by atoms with Crippen molar-refractivity contribution in [2.75, 3.05) is 61.5 Å². The second kappa shape index (κ2) is 8.06. The summed E-state index contributed by atoms with van der Waals surface area (Å²) < 4.78 is 0. The highest BCUT2D eigenvalue weighted by Gasteiger charge is 2.38. The second-order valence-corrected chi connectivity index (χ2v) is 7.68. The van der Waals surface area contributed by atoms with Crippen molar-refractivity contribution in [2.45, 2.75) is 6.42 Å². The molecule has 0 aliphatic carbocycles. The van der Waals surface area contributed by atoms with Crippen molar-refractivity contribution in [1.29, 1.82) is 0 Å². The van der Waals surface area contributed by atoms with Gasteiger partial charge in [0.05, 0.1) is 5.92 Å². The van der Waals surface area contributed by atoms with Crippen LogP contribution in [-0.2, 0) is 9.59 Å². The summed E-state index contributed by atoms with van der Waals surface area (Å²) in [6.07, 6.45) is 3.73. The number of amides is 2. The molecule has 2 amide bonds. The Labute approximate surface area is 170 Å². The molecule has 1 unspecified atom stereocenters. The standard InChI is InChI=1S/C21H26N6O2/c1-24(2)17-4-6-18(7-5-17)27-15-16(14-19(27)28)20(29)25-10-12-26(13-11-25)21-22-8-3-9-23-21/h3-9,16H,10-15H2,1-2H3. The number of benzene rings is 1. The van der Waals surface area contributed by atoms with Crippen molar-refractivity contribution < 1.29 is 9.59 Å². The third kappa shape index (κ3) is 4.01. The monoisotopic (exact) mass is 394 g/mol. The van der Waals surface area contributed by atoms with Gasteiger partial charge in [0.2, 0.25) is 17.8 Å². The summed E-state index contributed by atoms with van der Waals surface area (Å²) in [5, 5.41) is 0. The molecule has 29 heavy (non-hydrogen) atoms. The Morgan fingerprint density at radius 2 is 1.69 bits per heavy atom. The Balaban J connectivity index is 1.36. The fraction of sp³-hybridized carbons (Fsp3) is 0.429. The quantitative estimate of drug-likeness (QED) is 0.777. The number of hydrogen-bond acceptors (Lipinski definition) is 6. The summed E-state index contributed by atoms with van der Waals surface area (Å²) in [4.78, 5) is 41.8. The molecule has 152 valence electrons. The van der Waals surface area contributed by atoms with E-state index in [4.69, 9.17) is 0 Å². The molecule has 8 nitrogen and oxygen atoms in total. The van der Waals surface area contributed by atoms with E-state index in [1.54, 1.807) is 23.4 Å². The molecule has 8 heteroatoms. The highest BCUT2D eigenvalue weighted by atomic mass is 16.2. The molecular formula is C21H26N6O2. The van der Waals surface area contributed by atoms with Crippen LogP contribution in [0, 0.1) is 5.92 Å². The van der Waals surface area contributed by atoms with Crippen molar-refractivity contribution in [1.82, 2.24) is 14.9 Å². The third-order valence-corrected chi connectivity index (χ3v) is 5.58. The minimum Gasteiger partial charge on any atom is -0.378 e. The molecule has 2 fully saturated rings. The summed E-state index contributed by atoms with van der Waals surface area (Å²) in [6, 6.07) is 9.66. The van der Waals surface area contributed by atoms with Crippen molar-refractivity contribution in [3.63, 3.8) is 0 Å². The van der Waals surface area contributed by atoms with Gasteiger partial charge in [0.15, 0.2) is 0 Å². The number of rotatable bonds is 4. The topological polar surface area (TPSA) is 72.9 Å². The van der Waals surface area contributed by atoms with Crippen molar-refractivity contribution >= 4 is 29.1 Å². The predicted octanol–water partition coefficient (Wildman–Crippen LogP) is 1.24. The number of carbonyl (C=O) groups excluding carboxylic acids is 2. The molecular weight excluding hydrogens is 368 g/mol. The zero-order chi connectivity index (χ0) is 20.4. The molecule has 2 aromatic rings. The van der Waals surface area contributed by atoms with Gasteiger partial charge < -0.3 is 19.6 Å². The van der Waals surface area contributed by atoms with Crippen LogP contribution in [0.4, 0.5) is 17.3 Å². The fourth-order valence-corrected chi connectivity index (χ4v) is 3.89. The predicted molar refractivity (Wildman–Crippen MR) is 112 cm³/mol. The highest BCUT2D eigenvalue weighted by molar-refractivity contribution is 6.00. The molecule has 4 rings (SSSR count). The molecule has 2 aliphatic rings. The van der Waals surface area contributed by atoms with Crippen LogP contribution in [0.25, 0.3) is 0 Å². The Kier molecular flexibility index (Phi) is 5.33. The average Bonchev–Trinajstić information content (AvgIpc) is 3.15. The fourth-order valence-electron chi connectivity index (χ4n) is 3.89. The lowest BCUT2D eigenvalue weighted by Gasteiger charge is -2.35. The average molecular weight is 394 g/mol. The lowest BCUT2D eigenvalue weighted by molar-refractivity contribution is -0.136. The van der Waals surface area contributed by atoms with E-state index in [1.165, 1.54) is 0 Å². The molecule has 0 N–H and O–H groups in total. The van der Waals surface area contributed by atoms with E-state index in [9.17, 15) is 9.59 Å². The van der Waals surface area contributed by atoms with Crippen LogP contribution in [0.5, 0.6) is 0 Å². The maximum absolute atomic E-state index is 13.0. The summed E-state index contributed by atoms with van der Waals surface area (Å²) in [6.45, 7) is 3.10. The zero-order valence-corrected chi connectivity index (χ0v) is 16.9. The van der Waals surface area contributed by atoms with E-state index < -0.39 is 0 Å². The van der Waals surface area contributed by atoms with Gasteiger partial charge in [-0.1, -0.05) is 0 Å². The number of nitrogens with zero attached hydrogens (tertiary/aromatic N) is 6. The lowest BCUT2D eigenvalue weighted by Crippen LogP contribution is -2.51. The van der Waals surface area contributed by atoms with Gasteiger partial charge in [-0.15, -0.1) is 0 Å². The minimum atomic E-state index is -0.282. The van der Waals surface area contributed by atoms with Gasteiger partial charge in [0, 0.05) is 77.0 Å². The first-order valence-corrected chi connectivity index (χ1v) is 9.91. The van der Waals surface area contributed by atoms with Crippen LogP contribution >= 0.6 is 0 Å². The number of anilines is 3. The van der Waals surface area contributed by atoms with Gasteiger partial charge in [-0.05, 0) is 30.3 Å². The molecule has 1 atom stereocenters. The highest BCUT2D eigenvalue weighted by Crippen LogP contribution is 2.28. The first kappa shape index (κ1) is 19.2. The first-order chi connectivity index (χ1) is 14.0. The maximum Gasteiger partial charge on any atom is 0.228 e. The number of carbonyl (C=O) groups is 2. The molecule has 1 aromatic heterocycles. The molecule has 0 saturated carbocycles.